The zero-order valence-electron chi connectivity index (χ0n) is 10.7. The molecule has 1 aromatic carbocycles. The van der Waals surface area contributed by atoms with Crippen LogP contribution in [0.1, 0.15) is 45.6 Å². The predicted molar refractivity (Wildman–Crippen MR) is 71.8 cm³/mol. The van der Waals surface area contributed by atoms with Gasteiger partial charge in [-0.25, -0.2) is 0 Å². The third-order valence-electron chi connectivity index (χ3n) is 2.82. The summed E-state index contributed by atoms with van der Waals surface area (Å²) < 4.78 is 0. The Morgan fingerprint density at radius 2 is 1.88 bits per heavy atom. The van der Waals surface area contributed by atoms with Gasteiger partial charge in [-0.2, -0.15) is 0 Å². The third kappa shape index (κ3) is 2.60. The summed E-state index contributed by atoms with van der Waals surface area (Å²) >= 11 is 0. The molecule has 0 bridgehead atoms. The van der Waals surface area contributed by atoms with Crippen molar-refractivity contribution in [3.63, 3.8) is 0 Å². The predicted octanol–water partition coefficient (Wildman–Crippen LogP) is 4.77. The number of aromatic nitrogens is 1. The molecule has 0 spiro atoms. The molecule has 2 aromatic rings. The molecule has 1 heterocycles. The van der Waals surface area contributed by atoms with Crippen molar-refractivity contribution in [3.8, 4) is 0 Å². The highest BCUT2D eigenvalue weighted by atomic mass is 14.6. The molecule has 0 aliphatic rings. The molecule has 2 rings (SSSR count). The van der Waals surface area contributed by atoms with Gasteiger partial charge in [0.05, 0.1) is 5.52 Å². The van der Waals surface area contributed by atoms with E-state index in [0.717, 1.165) is 5.52 Å². The molecule has 0 N–H and O–H groups in total. The standard InChI is InChI=1S/C13H15N.C2H6/c1-3-10(2)11-6-4-8-13-12(11)7-5-9-14-13;1-2/h4-10H,3H2,1-2H3;1-2H3. The molecule has 0 saturated carbocycles. The summed E-state index contributed by atoms with van der Waals surface area (Å²) in [6, 6.07) is 10.5. The van der Waals surface area contributed by atoms with Crippen LogP contribution in [0, 0.1) is 0 Å². The van der Waals surface area contributed by atoms with Crippen molar-refractivity contribution in [2.75, 3.05) is 0 Å². The van der Waals surface area contributed by atoms with E-state index >= 15 is 0 Å². The molecule has 16 heavy (non-hydrogen) atoms. The number of fused-ring (bicyclic) bond motifs is 1. The Hall–Kier alpha value is -1.37. The van der Waals surface area contributed by atoms with Gasteiger partial charge >= 0.3 is 0 Å². The molecule has 0 radical (unpaired) electrons. The van der Waals surface area contributed by atoms with Gasteiger partial charge in [0.2, 0.25) is 0 Å². The van der Waals surface area contributed by atoms with Gasteiger partial charge in [-0.1, -0.05) is 45.9 Å². The van der Waals surface area contributed by atoms with Gasteiger partial charge in [-0.05, 0) is 30.0 Å². The lowest BCUT2D eigenvalue weighted by Gasteiger charge is -2.11. The molecular weight excluding hydrogens is 194 g/mol. The lowest BCUT2D eigenvalue weighted by atomic mass is 9.95. The Morgan fingerprint density at radius 1 is 1.12 bits per heavy atom. The number of nitrogens with zero attached hydrogens (tertiary/aromatic N) is 1. The van der Waals surface area contributed by atoms with Gasteiger partial charge in [-0.15, -0.1) is 0 Å². The fraction of sp³-hybridized carbons (Fsp3) is 0.400. The van der Waals surface area contributed by atoms with Crippen molar-refractivity contribution in [1.29, 1.82) is 0 Å². The highest BCUT2D eigenvalue weighted by Gasteiger charge is 2.06. The molecule has 0 aliphatic carbocycles. The summed E-state index contributed by atoms with van der Waals surface area (Å²) in [5.41, 5.74) is 2.52. The van der Waals surface area contributed by atoms with Crippen molar-refractivity contribution in [1.82, 2.24) is 4.98 Å². The minimum absolute atomic E-state index is 0.614. The SMILES string of the molecule is CC.CCC(C)c1cccc2ncccc12. The van der Waals surface area contributed by atoms with Crippen LogP contribution in [-0.2, 0) is 0 Å². The Labute approximate surface area is 98.5 Å². The van der Waals surface area contributed by atoms with Crippen LogP contribution in [0.15, 0.2) is 36.5 Å². The molecule has 0 amide bonds. The van der Waals surface area contributed by atoms with Crippen molar-refractivity contribution in [2.45, 2.75) is 40.0 Å². The summed E-state index contributed by atoms with van der Waals surface area (Å²) in [6.45, 7) is 8.49. The van der Waals surface area contributed by atoms with Crippen molar-refractivity contribution >= 4 is 10.9 Å². The Morgan fingerprint density at radius 3 is 2.56 bits per heavy atom. The zero-order chi connectivity index (χ0) is 12.0. The van der Waals surface area contributed by atoms with E-state index < -0.39 is 0 Å². The van der Waals surface area contributed by atoms with E-state index in [2.05, 4.69) is 43.1 Å². The molecule has 1 aromatic heterocycles. The van der Waals surface area contributed by atoms with Crippen LogP contribution in [-0.4, -0.2) is 4.98 Å². The number of hydrogen-bond acceptors (Lipinski definition) is 1. The molecule has 1 heteroatoms. The lowest BCUT2D eigenvalue weighted by molar-refractivity contribution is 0.739. The van der Waals surface area contributed by atoms with Crippen LogP contribution in [0.3, 0.4) is 0 Å². The number of hydrogen-bond donors (Lipinski definition) is 0. The minimum Gasteiger partial charge on any atom is -0.256 e. The monoisotopic (exact) mass is 215 g/mol. The van der Waals surface area contributed by atoms with E-state index in [9.17, 15) is 0 Å². The van der Waals surface area contributed by atoms with Crippen molar-refractivity contribution < 1.29 is 0 Å². The van der Waals surface area contributed by atoms with Crippen LogP contribution in [0.4, 0.5) is 0 Å². The van der Waals surface area contributed by atoms with Gasteiger partial charge in [0.25, 0.3) is 0 Å². The summed E-state index contributed by atoms with van der Waals surface area (Å²) in [7, 11) is 0. The smallest absolute Gasteiger partial charge is 0.0704 e. The average Bonchev–Trinajstić information content (AvgIpc) is 2.39. The second-order valence-electron chi connectivity index (χ2n) is 3.73. The molecule has 1 atom stereocenters. The maximum Gasteiger partial charge on any atom is 0.0704 e. The van der Waals surface area contributed by atoms with E-state index in [-0.39, 0.29) is 0 Å². The first-order valence-electron chi connectivity index (χ1n) is 6.16. The van der Waals surface area contributed by atoms with Crippen LogP contribution in [0.2, 0.25) is 0 Å². The molecule has 0 aliphatic heterocycles. The fourth-order valence-corrected chi connectivity index (χ4v) is 1.78. The molecular formula is C15H21N. The van der Waals surface area contributed by atoms with Crippen LogP contribution in [0.5, 0.6) is 0 Å². The van der Waals surface area contributed by atoms with E-state index in [1.165, 1.54) is 17.4 Å². The first kappa shape index (κ1) is 12.7. The Bertz CT molecular complexity index is 429. The van der Waals surface area contributed by atoms with Crippen molar-refractivity contribution in [3.05, 3.63) is 42.1 Å². The largest absolute Gasteiger partial charge is 0.256 e. The molecule has 1 unspecified atom stereocenters. The maximum atomic E-state index is 4.36. The highest BCUT2D eigenvalue weighted by Crippen LogP contribution is 2.25. The number of rotatable bonds is 2. The van der Waals surface area contributed by atoms with E-state index in [4.69, 9.17) is 0 Å². The quantitative estimate of drug-likeness (QED) is 0.703. The molecule has 0 saturated heterocycles. The van der Waals surface area contributed by atoms with Gasteiger partial charge in [0.1, 0.15) is 0 Å². The van der Waals surface area contributed by atoms with Gasteiger partial charge < -0.3 is 0 Å². The van der Waals surface area contributed by atoms with Crippen LogP contribution < -0.4 is 0 Å². The van der Waals surface area contributed by atoms with E-state index in [1.54, 1.807) is 0 Å². The number of pyridine rings is 1. The fourth-order valence-electron chi connectivity index (χ4n) is 1.78. The first-order valence-corrected chi connectivity index (χ1v) is 6.16. The Balaban J connectivity index is 0.000000606. The normalized spacial score (nSPS) is 11.8. The maximum absolute atomic E-state index is 4.36. The van der Waals surface area contributed by atoms with Gasteiger partial charge in [0.15, 0.2) is 0 Å². The summed E-state index contributed by atoms with van der Waals surface area (Å²) in [6.07, 6.45) is 3.02. The molecule has 0 fully saturated rings. The van der Waals surface area contributed by atoms with Gasteiger partial charge in [0, 0.05) is 11.6 Å². The topological polar surface area (TPSA) is 12.9 Å². The zero-order valence-corrected chi connectivity index (χ0v) is 10.7. The van der Waals surface area contributed by atoms with Crippen LogP contribution in [0.25, 0.3) is 10.9 Å². The Kier molecular flexibility index (Phi) is 4.97. The summed E-state index contributed by atoms with van der Waals surface area (Å²) in [4.78, 5) is 4.36. The minimum atomic E-state index is 0.614. The van der Waals surface area contributed by atoms with Crippen LogP contribution >= 0.6 is 0 Å². The average molecular weight is 215 g/mol. The first-order chi connectivity index (χ1) is 7.83. The second-order valence-corrected chi connectivity index (χ2v) is 3.73. The summed E-state index contributed by atoms with van der Waals surface area (Å²) in [5, 5.41) is 1.30. The van der Waals surface area contributed by atoms with E-state index in [1.807, 2.05) is 26.1 Å². The molecule has 86 valence electrons. The lowest BCUT2D eigenvalue weighted by Crippen LogP contribution is -1.93. The summed E-state index contributed by atoms with van der Waals surface area (Å²) in [5.74, 6) is 0.614. The van der Waals surface area contributed by atoms with E-state index in [0.29, 0.717) is 5.92 Å². The molecule has 1 nitrogen and oxygen atoms in total. The number of benzene rings is 1. The third-order valence-corrected chi connectivity index (χ3v) is 2.82. The van der Waals surface area contributed by atoms with Crippen molar-refractivity contribution in [2.24, 2.45) is 0 Å². The van der Waals surface area contributed by atoms with Gasteiger partial charge in [-0.3, -0.25) is 4.98 Å². The highest BCUT2D eigenvalue weighted by molar-refractivity contribution is 5.82. The second kappa shape index (κ2) is 6.26.